The van der Waals surface area contributed by atoms with Gasteiger partial charge in [-0.15, -0.1) is 0 Å². The van der Waals surface area contributed by atoms with E-state index in [1.807, 2.05) is 39.2 Å². The zero-order valence-corrected chi connectivity index (χ0v) is 16.3. The third-order valence-corrected chi connectivity index (χ3v) is 4.80. The van der Waals surface area contributed by atoms with E-state index in [0.717, 1.165) is 5.57 Å². The van der Waals surface area contributed by atoms with Gasteiger partial charge in [0.15, 0.2) is 16.6 Å². The summed E-state index contributed by atoms with van der Waals surface area (Å²) in [5.41, 5.74) is 2.10. The van der Waals surface area contributed by atoms with Crippen molar-refractivity contribution >= 4 is 22.8 Å². The Bertz CT molecular complexity index is 871. The van der Waals surface area contributed by atoms with Crippen LogP contribution in [-0.4, -0.2) is 49.7 Å². The summed E-state index contributed by atoms with van der Waals surface area (Å²) >= 11 is 6.14. The molecule has 2 aliphatic rings. The van der Waals surface area contributed by atoms with Gasteiger partial charge in [0.1, 0.15) is 24.1 Å². The smallest absolute Gasteiger partial charge is 0.165 e. The zero-order valence-electron chi connectivity index (χ0n) is 15.6. The Balaban J connectivity index is 1.72. The molecule has 1 saturated heterocycles. The molecule has 7 nitrogen and oxygen atoms in total. The molecule has 0 aromatic carbocycles. The van der Waals surface area contributed by atoms with Crippen LogP contribution in [0.2, 0.25) is 5.15 Å². The SMILES string of the molecule is CC(C)(C)OCC1=C[C@H](n2cnc3c(Cl)ncnc32)[C@H]2OC(C)(C)O[C@@H]12. The molecule has 1 fully saturated rings. The standard InChI is InChI=1S/C18H23ClN4O3/c1-17(2,3)24-7-10-6-11(14-13(10)25-18(4,5)26-14)23-9-22-12-15(19)20-8-21-16(12)23/h6,8-9,11,13-14H,7H2,1-5H3/t11-,13-,14+/m0/s1. The van der Waals surface area contributed by atoms with E-state index in [4.69, 9.17) is 25.8 Å². The lowest BCUT2D eigenvalue weighted by Gasteiger charge is -2.23. The predicted octanol–water partition coefficient (Wildman–Crippen LogP) is 3.30. The van der Waals surface area contributed by atoms with Crippen LogP contribution in [-0.2, 0) is 14.2 Å². The molecule has 140 valence electrons. The third kappa shape index (κ3) is 3.13. The number of halogens is 1. The van der Waals surface area contributed by atoms with Crippen LogP contribution in [0.3, 0.4) is 0 Å². The Kier molecular flexibility index (Phi) is 4.11. The average molecular weight is 379 g/mol. The highest BCUT2D eigenvalue weighted by Gasteiger charge is 2.51. The minimum atomic E-state index is -0.655. The number of ether oxygens (including phenoxy) is 3. The first kappa shape index (κ1) is 17.9. The van der Waals surface area contributed by atoms with Gasteiger partial charge in [0.2, 0.25) is 0 Å². The normalized spacial score (nSPS) is 27.8. The second kappa shape index (κ2) is 5.99. The summed E-state index contributed by atoms with van der Waals surface area (Å²) in [6.07, 6.45) is 4.97. The lowest BCUT2D eigenvalue weighted by Crippen LogP contribution is -2.29. The highest BCUT2D eigenvalue weighted by molar-refractivity contribution is 6.33. The third-order valence-electron chi connectivity index (χ3n) is 4.52. The van der Waals surface area contributed by atoms with Gasteiger partial charge in [-0.3, -0.25) is 0 Å². The number of imidazole rings is 1. The zero-order chi connectivity index (χ0) is 18.7. The molecule has 2 aromatic rings. The van der Waals surface area contributed by atoms with Crippen molar-refractivity contribution in [2.45, 2.75) is 64.3 Å². The molecule has 2 aromatic heterocycles. The molecule has 3 heterocycles. The molecular weight excluding hydrogens is 356 g/mol. The fourth-order valence-electron chi connectivity index (χ4n) is 3.44. The number of nitrogens with zero attached hydrogens (tertiary/aromatic N) is 4. The maximum absolute atomic E-state index is 6.20. The highest BCUT2D eigenvalue weighted by atomic mass is 35.5. The molecule has 0 amide bonds. The Morgan fingerprint density at radius 1 is 1.23 bits per heavy atom. The van der Waals surface area contributed by atoms with Crippen LogP contribution in [0.25, 0.3) is 11.2 Å². The molecule has 1 aliphatic heterocycles. The van der Waals surface area contributed by atoms with Crippen molar-refractivity contribution in [3.63, 3.8) is 0 Å². The number of hydrogen-bond donors (Lipinski definition) is 0. The minimum Gasteiger partial charge on any atom is -0.371 e. The van der Waals surface area contributed by atoms with E-state index >= 15 is 0 Å². The van der Waals surface area contributed by atoms with Crippen molar-refractivity contribution in [3.05, 3.63) is 29.5 Å². The van der Waals surface area contributed by atoms with E-state index < -0.39 is 5.79 Å². The summed E-state index contributed by atoms with van der Waals surface area (Å²) in [6.45, 7) is 10.5. The van der Waals surface area contributed by atoms with Gasteiger partial charge in [0, 0.05) is 0 Å². The van der Waals surface area contributed by atoms with Gasteiger partial charge in [-0.2, -0.15) is 0 Å². The highest BCUT2D eigenvalue weighted by Crippen LogP contribution is 2.44. The molecule has 0 unspecified atom stereocenters. The molecule has 8 heteroatoms. The number of fused-ring (bicyclic) bond motifs is 2. The summed E-state index contributed by atoms with van der Waals surface area (Å²) in [6, 6.07) is -0.101. The van der Waals surface area contributed by atoms with Gasteiger partial charge in [-0.1, -0.05) is 17.7 Å². The lowest BCUT2D eigenvalue weighted by molar-refractivity contribution is -0.148. The lowest BCUT2D eigenvalue weighted by atomic mass is 10.1. The van der Waals surface area contributed by atoms with Crippen molar-refractivity contribution in [2.24, 2.45) is 0 Å². The van der Waals surface area contributed by atoms with E-state index in [2.05, 4.69) is 21.0 Å². The fraction of sp³-hybridized carbons (Fsp3) is 0.611. The van der Waals surface area contributed by atoms with Gasteiger partial charge in [0.05, 0.1) is 24.6 Å². The monoisotopic (exact) mass is 378 g/mol. The van der Waals surface area contributed by atoms with Crippen molar-refractivity contribution in [2.75, 3.05) is 6.61 Å². The quantitative estimate of drug-likeness (QED) is 0.602. The van der Waals surface area contributed by atoms with Crippen LogP contribution in [0.5, 0.6) is 0 Å². The molecule has 0 saturated carbocycles. The van der Waals surface area contributed by atoms with Gasteiger partial charge >= 0.3 is 0 Å². The van der Waals surface area contributed by atoms with Crippen molar-refractivity contribution in [3.8, 4) is 0 Å². The van der Waals surface area contributed by atoms with Crippen LogP contribution in [0.4, 0.5) is 0 Å². The van der Waals surface area contributed by atoms with E-state index in [-0.39, 0.29) is 23.9 Å². The Morgan fingerprint density at radius 3 is 2.73 bits per heavy atom. The maximum Gasteiger partial charge on any atom is 0.165 e. The Morgan fingerprint density at radius 2 is 2.00 bits per heavy atom. The number of aromatic nitrogens is 4. The van der Waals surface area contributed by atoms with Crippen LogP contribution < -0.4 is 0 Å². The molecular formula is C18H23ClN4O3. The van der Waals surface area contributed by atoms with E-state index in [9.17, 15) is 0 Å². The molecule has 1 aliphatic carbocycles. The summed E-state index contributed by atoms with van der Waals surface area (Å²) in [4.78, 5) is 12.7. The van der Waals surface area contributed by atoms with Gasteiger partial charge in [0.25, 0.3) is 0 Å². The molecule has 3 atom stereocenters. The van der Waals surface area contributed by atoms with E-state index in [1.54, 1.807) is 6.33 Å². The van der Waals surface area contributed by atoms with Gasteiger partial charge < -0.3 is 18.8 Å². The summed E-state index contributed by atoms with van der Waals surface area (Å²) in [5.74, 6) is -0.655. The van der Waals surface area contributed by atoms with E-state index in [0.29, 0.717) is 22.9 Å². The minimum absolute atomic E-state index is 0.101. The van der Waals surface area contributed by atoms with Crippen LogP contribution in [0.15, 0.2) is 24.3 Å². The van der Waals surface area contributed by atoms with Crippen LogP contribution in [0.1, 0.15) is 40.7 Å². The maximum atomic E-state index is 6.20. The fourth-order valence-corrected chi connectivity index (χ4v) is 3.62. The average Bonchev–Trinajstić information content (AvgIpc) is 3.16. The molecule has 0 radical (unpaired) electrons. The number of rotatable bonds is 3. The second-order valence-electron chi connectivity index (χ2n) is 8.14. The largest absolute Gasteiger partial charge is 0.371 e. The molecule has 26 heavy (non-hydrogen) atoms. The number of hydrogen-bond acceptors (Lipinski definition) is 6. The predicted molar refractivity (Wildman–Crippen MR) is 97.0 cm³/mol. The van der Waals surface area contributed by atoms with Crippen molar-refractivity contribution in [1.82, 2.24) is 19.5 Å². The first-order chi connectivity index (χ1) is 12.1. The molecule has 0 N–H and O–H groups in total. The van der Waals surface area contributed by atoms with Crippen LogP contribution in [0, 0.1) is 0 Å². The summed E-state index contributed by atoms with van der Waals surface area (Å²) in [5, 5.41) is 0.340. The molecule has 4 rings (SSSR count). The Labute approximate surface area is 157 Å². The summed E-state index contributed by atoms with van der Waals surface area (Å²) < 4.78 is 20.3. The first-order valence-corrected chi connectivity index (χ1v) is 9.06. The van der Waals surface area contributed by atoms with Crippen molar-refractivity contribution in [1.29, 1.82) is 0 Å². The summed E-state index contributed by atoms with van der Waals surface area (Å²) in [7, 11) is 0. The van der Waals surface area contributed by atoms with Gasteiger partial charge in [-0.05, 0) is 40.2 Å². The van der Waals surface area contributed by atoms with Crippen LogP contribution >= 0.6 is 11.6 Å². The topological polar surface area (TPSA) is 71.3 Å². The van der Waals surface area contributed by atoms with Crippen molar-refractivity contribution < 1.29 is 14.2 Å². The molecule has 0 bridgehead atoms. The molecule has 0 spiro atoms. The second-order valence-corrected chi connectivity index (χ2v) is 8.50. The first-order valence-electron chi connectivity index (χ1n) is 8.68. The van der Waals surface area contributed by atoms with E-state index in [1.165, 1.54) is 6.33 Å². The Hall–Kier alpha value is -1.54. The van der Waals surface area contributed by atoms with Gasteiger partial charge in [-0.25, -0.2) is 15.0 Å².